The Kier molecular flexibility index (Phi) is 32.8. The van der Waals surface area contributed by atoms with Gasteiger partial charge in [-0.15, -0.1) is 119 Å². The van der Waals surface area contributed by atoms with Crippen molar-refractivity contribution >= 4 is 0 Å². The van der Waals surface area contributed by atoms with E-state index in [2.05, 4.69) is 324 Å². The van der Waals surface area contributed by atoms with Gasteiger partial charge in [0.25, 0.3) is 0 Å². The standard InChI is InChI=1S/2C20H27O.2C19H25.4ClH.2Zr/c2*1-19(2,3)16-12-15(14-10-8-9-11-14)13-17(18(16)21-7)20(4,5)6;2*1-18(2,3)16-11-15(14-9-7-8-10-14)12-17(13-16)19(4,5)6;;;;;;/h2*8-13H,1-7H3;2*7-13H,1-6H3;4*1H;;/q4*-1;;;;;2*+4/p-4. The molecule has 0 saturated heterocycles. The number of ether oxygens (including phenoxy) is 2. The molecule has 0 heterocycles. The van der Waals surface area contributed by atoms with Gasteiger partial charge in [0.05, 0.1) is 14.2 Å². The molecule has 0 radical (unpaired) electrons. The van der Waals surface area contributed by atoms with Gasteiger partial charge in [0.1, 0.15) is 11.5 Å². The zero-order valence-electron chi connectivity index (χ0n) is 57.3. The second-order valence-electron chi connectivity index (χ2n) is 30.5. The van der Waals surface area contributed by atoms with Gasteiger partial charge in [-0.3, -0.25) is 0 Å². The van der Waals surface area contributed by atoms with Crippen LogP contribution in [0.25, 0.3) is 44.5 Å². The molecule has 0 atom stereocenters. The minimum atomic E-state index is 0. The van der Waals surface area contributed by atoms with Crippen LogP contribution in [0.5, 0.6) is 11.5 Å². The van der Waals surface area contributed by atoms with Gasteiger partial charge in [0.2, 0.25) is 0 Å². The Hall–Kier alpha value is -3.19. The predicted octanol–water partition coefficient (Wildman–Crippen LogP) is 10.7. The molecule has 8 aromatic rings. The molecule has 0 fully saturated rings. The Morgan fingerprint density at radius 3 is 0.512 bits per heavy atom. The summed E-state index contributed by atoms with van der Waals surface area (Å²) in [5.74, 6) is 2.07. The molecule has 0 aromatic heterocycles. The van der Waals surface area contributed by atoms with Crippen LogP contribution in [-0.2, 0) is 95.7 Å². The van der Waals surface area contributed by atoms with Gasteiger partial charge >= 0.3 is 52.4 Å². The fourth-order valence-corrected chi connectivity index (χ4v) is 9.85. The molecule has 0 aliphatic carbocycles. The Labute approximate surface area is 588 Å². The SMILES string of the molecule is CC(C)(C)c1cc(-[c-]2cccc2)cc(C(C)(C)C)c1.CC(C)(C)c1cc(-[c-]2cccc2)cc(C(C)(C)C)c1.COc1c(C(C)(C)C)cc(-[c-]2cccc2)cc1C(C)(C)C.COc1c(C(C)(C)C)cc(-[c-]2cccc2)cc1C(C)(C)C.[Cl-].[Cl-].[Cl-].[Cl-].[Zr+4].[Zr+4]. The maximum atomic E-state index is 5.80. The monoisotopic (exact) mass is 1390 g/mol. The average Bonchev–Trinajstić information content (AvgIpc) is 4.21. The normalized spacial score (nSPS) is 11.7. The molecule has 0 aliphatic rings. The van der Waals surface area contributed by atoms with Gasteiger partial charge in [-0.2, -0.15) is 48.5 Å². The summed E-state index contributed by atoms with van der Waals surface area (Å²) < 4.78 is 11.6. The third kappa shape index (κ3) is 23.2. The molecule has 0 N–H and O–H groups in total. The van der Waals surface area contributed by atoms with Crippen molar-refractivity contribution in [2.24, 2.45) is 0 Å². The summed E-state index contributed by atoms with van der Waals surface area (Å²) in [6, 6.07) is 57.4. The third-order valence-electron chi connectivity index (χ3n) is 15.1. The molecular formula is C78H104Cl4O2Zr2. The summed E-state index contributed by atoms with van der Waals surface area (Å²) in [4.78, 5) is 0. The minimum absolute atomic E-state index is 0. The van der Waals surface area contributed by atoms with E-state index in [0.29, 0.717) is 0 Å². The Morgan fingerprint density at radius 2 is 0.384 bits per heavy atom. The summed E-state index contributed by atoms with van der Waals surface area (Å²) in [6.45, 7) is 54.3. The second kappa shape index (κ2) is 33.2. The number of halogens is 4. The third-order valence-corrected chi connectivity index (χ3v) is 15.1. The maximum Gasteiger partial charge on any atom is 4.00 e. The van der Waals surface area contributed by atoms with Crippen LogP contribution < -0.4 is 59.1 Å². The van der Waals surface area contributed by atoms with Crippen molar-refractivity contribution in [1.82, 2.24) is 0 Å². The summed E-state index contributed by atoms with van der Waals surface area (Å²) in [5.41, 5.74) is 22.1. The van der Waals surface area contributed by atoms with E-state index in [-0.39, 0.29) is 145 Å². The smallest absolute Gasteiger partial charge is 1.00 e. The van der Waals surface area contributed by atoms with E-state index in [1.165, 1.54) is 89.0 Å². The molecule has 8 rings (SSSR count). The minimum Gasteiger partial charge on any atom is -1.00 e. The molecule has 464 valence electrons. The summed E-state index contributed by atoms with van der Waals surface area (Å²) in [5, 5.41) is 0. The van der Waals surface area contributed by atoms with Gasteiger partial charge in [-0.25, -0.2) is 0 Å². The zero-order valence-corrected chi connectivity index (χ0v) is 65.3. The fourth-order valence-electron chi connectivity index (χ4n) is 9.85. The van der Waals surface area contributed by atoms with Crippen molar-refractivity contribution < 1.29 is 112 Å². The van der Waals surface area contributed by atoms with Crippen LogP contribution in [0.2, 0.25) is 0 Å². The molecule has 0 aliphatic heterocycles. The van der Waals surface area contributed by atoms with Crippen molar-refractivity contribution in [2.75, 3.05) is 14.2 Å². The maximum absolute atomic E-state index is 5.80. The molecule has 86 heavy (non-hydrogen) atoms. The van der Waals surface area contributed by atoms with Gasteiger partial charge in [-0.1, -0.05) is 223 Å². The van der Waals surface area contributed by atoms with Gasteiger partial charge in [-0.05, 0) is 65.6 Å². The Bertz CT molecular complexity index is 2860. The number of rotatable bonds is 6. The van der Waals surface area contributed by atoms with Crippen molar-refractivity contribution in [3.8, 4) is 56.0 Å². The first-order valence-corrected chi connectivity index (χ1v) is 29.3. The van der Waals surface area contributed by atoms with Crippen LogP contribution in [0.1, 0.15) is 211 Å². The summed E-state index contributed by atoms with van der Waals surface area (Å²) in [6.07, 6.45) is 0. The number of methoxy groups -OCH3 is 2. The number of hydrogen-bond acceptors (Lipinski definition) is 2. The van der Waals surface area contributed by atoms with Crippen LogP contribution in [0.4, 0.5) is 0 Å². The first-order valence-electron chi connectivity index (χ1n) is 29.3. The second-order valence-corrected chi connectivity index (χ2v) is 30.5. The molecule has 0 saturated carbocycles. The number of benzene rings is 4. The summed E-state index contributed by atoms with van der Waals surface area (Å²) in [7, 11) is 3.56. The average molecular weight is 1400 g/mol. The van der Waals surface area contributed by atoms with Crippen molar-refractivity contribution in [3.05, 3.63) is 202 Å². The van der Waals surface area contributed by atoms with Gasteiger partial charge < -0.3 is 59.1 Å². The topological polar surface area (TPSA) is 18.5 Å². The number of hydrogen-bond donors (Lipinski definition) is 0. The zero-order chi connectivity index (χ0) is 60.2. The van der Waals surface area contributed by atoms with Crippen LogP contribution in [-0.4, -0.2) is 14.2 Å². The van der Waals surface area contributed by atoms with E-state index in [4.69, 9.17) is 9.47 Å². The molecular weight excluding hydrogens is 1290 g/mol. The van der Waals surface area contributed by atoms with Crippen molar-refractivity contribution in [1.29, 1.82) is 0 Å². The van der Waals surface area contributed by atoms with Crippen LogP contribution in [0.3, 0.4) is 0 Å². The van der Waals surface area contributed by atoms with Crippen molar-refractivity contribution in [3.63, 3.8) is 0 Å². The molecule has 0 bridgehead atoms. The van der Waals surface area contributed by atoms with E-state index >= 15 is 0 Å². The van der Waals surface area contributed by atoms with Crippen LogP contribution in [0.15, 0.2) is 158 Å². The largest absolute Gasteiger partial charge is 4.00 e. The van der Waals surface area contributed by atoms with E-state index < -0.39 is 0 Å². The quantitative estimate of drug-likeness (QED) is 0.155. The van der Waals surface area contributed by atoms with Crippen LogP contribution >= 0.6 is 0 Å². The first kappa shape index (κ1) is 84.9. The Morgan fingerprint density at radius 1 is 0.233 bits per heavy atom. The molecule has 0 spiro atoms. The van der Waals surface area contributed by atoms with E-state index in [1.54, 1.807) is 14.2 Å². The first-order chi connectivity index (χ1) is 36.6. The van der Waals surface area contributed by atoms with Crippen LogP contribution in [0, 0.1) is 0 Å². The predicted molar refractivity (Wildman–Crippen MR) is 353 cm³/mol. The van der Waals surface area contributed by atoms with E-state index in [1.807, 2.05) is 0 Å². The molecule has 8 aromatic carbocycles. The fraction of sp³-hybridized carbons (Fsp3) is 0.436. The molecule has 0 unspecified atom stereocenters. The molecule has 8 heteroatoms. The molecule has 0 amide bonds. The van der Waals surface area contributed by atoms with Gasteiger partial charge in [0.15, 0.2) is 0 Å². The van der Waals surface area contributed by atoms with E-state index in [9.17, 15) is 0 Å². The van der Waals surface area contributed by atoms with Crippen molar-refractivity contribution in [2.45, 2.75) is 209 Å². The Balaban J connectivity index is 0. The molecule has 2 nitrogen and oxygen atoms in total. The summed E-state index contributed by atoms with van der Waals surface area (Å²) >= 11 is 0. The van der Waals surface area contributed by atoms with E-state index in [0.717, 1.165) is 11.5 Å². The van der Waals surface area contributed by atoms with Gasteiger partial charge in [0, 0.05) is 0 Å².